The maximum atomic E-state index is 12.8. The Morgan fingerprint density at radius 1 is 1.19 bits per heavy atom. The number of halogens is 1. The normalized spacial score (nSPS) is 14.6. The van der Waals surface area contributed by atoms with Crippen LogP contribution in [0.15, 0.2) is 47.4 Å². The monoisotopic (exact) mass is 568 g/mol. The second kappa shape index (κ2) is 10.5. The molecular weight excluding hydrogens is 551 g/mol. The van der Waals surface area contributed by atoms with Crippen LogP contribution in [-0.4, -0.2) is 53.3 Å². The molecule has 0 unspecified atom stereocenters. The maximum absolute atomic E-state index is 12.8. The summed E-state index contributed by atoms with van der Waals surface area (Å²) in [5, 5.41) is 11.0. The molecular formula is C21H17IN2O7S. The molecule has 0 saturated carbocycles. The summed E-state index contributed by atoms with van der Waals surface area (Å²) in [7, 11) is 1.40. The van der Waals surface area contributed by atoms with Gasteiger partial charge in [0, 0.05) is 14.8 Å². The number of benzene rings is 2. The first kappa shape index (κ1) is 23.6. The number of rotatable bonds is 8. The molecule has 166 valence electrons. The number of nitrogens with one attached hydrogen (secondary N) is 1. The molecule has 3 amide bonds. The number of nitrogens with zero attached hydrogens (tertiary/aromatic N) is 1. The fourth-order valence-electron chi connectivity index (χ4n) is 2.75. The fraction of sp³-hybridized carbons (Fsp3) is 0.143. The third kappa shape index (κ3) is 5.79. The Balaban J connectivity index is 1.77. The highest BCUT2D eigenvalue weighted by Crippen LogP contribution is 2.37. The minimum atomic E-state index is -1.18. The van der Waals surface area contributed by atoms with Crippen LogP contribution in [0.4, 0.5) is 10.5 Å². The van der Waals surface area contributed by atoms with E-state index in [1.165, 1.54) is 13.2 Å². The van der Waals surface area contributed by atoms with E-state index in [0.717, 1.165) is 8.47 Å². The number of para-hydroxylation sites is 1. The summed E-state index contributed by atoms with van der Waals surface area (Å²) >= 11 is 2.81. The van der Waals surface area contributed by atoms with Gasteiger partial charge in [-0.15, -0.1) is 0 Å². The number of hydrogen-bond donors (Lipinski definition) is 2. The molecule has 32 heavy (non-hydrogen) atoms. The van der Waals surface area contributed by atoms with Gasteiger partial charge in [0.25, 0.3) is 11.1 Å². The van der Waals surface area contributed by atoms with Crippen molar-refractivity contribution in [1.82, 2.24) is 4.90 Å². The molecule has 0 aromatic heterocycles. The number of hydrogen-bond acceptors (Lipinski definition) is 7. The number of methoxy groups -OCH3 is 1. The van der Waals surface area contributed by atoms with Crippen LogP contribution in [0, 0.1) is 3.57 Å². The number of amides is 3. The summed E-state index contributed by atoms with van der Waals surface area (Å²) in [6, 6.07) is 11.9. The molecule has 1 heterocycles. The van der Waals surface area contributed by atoms with Gasteiger partial charge in [0.1, 0.15) is 6.54 Å². The van der Waals surface area contributed by atoms with Crippen LogP contribution < -0.4 is 14.8 Å². The number of thioether (sulfide) groups is 1. The predicted octanol–water partition coefficient (Wildman–Crippen LogP) is 3.44. The van der Waals surface area contributed by atoms with E-state index in [-0.39, 0.29) is 16.4 Å². The minimum Gasteiger partial charge on any atom is -0.493 e. The Bertz CT molecular complexity index is 1100. The van der Waals surface area contributed by atoms with E-state index in [2.05, 4.69) is 27.9 Å². The Morgan fingerprint density at radius 2 is 1.91 bits per heavy atom. The number of aliphatic carboxylic acids is 1. The minimum absolute atomic E-state index is 0.0745. The standard InChI is InChI=1S/C21H17IN2O7S/c1-30-15-4-2-3-12(19(15)31-11-18(26)27)9-16-20(28)24(21(29)32-16)10-17(25)23-14-7-5-13(22)6-8-14/h2-9H,10-11H2,1H3,(H,23,25)(H,26,27)/b16-9+. The molecule has 2 aromatic rings. The molecule has 1 saturated heterocycles. The van der Waals surface area contributed by atoms with Gasteiger partial charge in [-0.25, -0.2) is 4.79 Å². The Labute approximate surface area is 200 Å². The predicted molar refractivity (Wildman–Crippen MR) is 127 cm³/mol. The molecule has 9 nitrogen and oxygen atoms in total. The van der Waals surface area contributed by atoms with Crippen LogP contribution in [0.3, 0.4) is 0 Å². The quantitative estimate of drug-likeness (QED) is 0.367. The van der Waals surface area contributed by atoms with E-state index < -0.39 is 36.2 Å². The molecule has 0 radical (unpaired) electrons. The molecule has 1 fully saturated rings. The summed E-state index contributed by atoms with van der Waals surface area (Å²) in [6.07, 6.45) is 1.40. The van der Waals surface area contributed by atoms with Gasteiger partial charge in [0.05, 0.1) is 12.0 Å². The molecule has 1 aliphatic rings. The van der Waals surface area contributed by atoms with Gasteiger partial charge in [0.2, 0.25) is 5.91 Å². The van der Waals surface area contributed by atoms with Crippen LogP contribution >= 0.6 is 34.4 Å². The van der Waals surface area contributed by atoms with E-state index >= 15 is 0 Å². The first-order chi connectivity index (χ1) is 15.3. The number of imide groups is 1. The van der Waals surface area contributed by atoms with Crippen LogP contribution in [0.1, 0.15) is 5.56 Å². The van der Waals surface area contributed by atoms with Crippen LogP contribution in [0.2, 0.25) is 0 Å². The average Bonchev–Trinajstić information content (AvgIpc) is 3.01. The van der Waals surface area contributed by atoms with Gasteiger partial charge in [-0.2, -0.15) is 0 Å². The first-order valence-electron chi connectivity index (χ1n) is 9.11. The van der Waals surface area contributed by atoms with Crippen molar-refractivity contribution in [2.24, 2.45) is 0 Å². The zero-order valence-corrected chi connectivity index (χ0v) is 19.6. The van der Waals surface area contributed by atoms with Crippen LogP contribution in [-0.2, 0) is 14.4 Å². The van der Waals surface area contributed by atoms with Crippen LogP contribution in [0.25, 0.3) is 6.08 Å². The summed E-state index contributed by atoms with van der Waals surface area (Å²) in [6.45, 7) is -1.05. The van der Waals surface area contributed by atoms with E-state index in [0.29, 0.717) is 23.0 Å². The lowest BCUT2D eigenvalue weighted by molar-refractivity contribution is -0.139. The van der Waals surface area contributed by atoms with Gasteiger partial charge in [0.15, 0.2) is 18.1 Å². The third-order valence-electron chi connectivity index (χ3n) is 4.16. The molecule has 3 rings (SSSR count). The van der Waals surface area contributed by atoms with Crippen molar-refractivity contribution in [1.29, 1.82) is 0 Å². The number of carboxylic acid groups (broad SMARTS) is 1. The Hall–Kier alpha value is -3.06. The summed E-state index contributed by atoms with van der Waals surface area (Å²) in [4.78, 5) is 49.2. The fourth-order valence-corrected chi connectivity index (χ4v) is 3.94. The van der Waals surface area contributed by atoms with E-state index in [1.807, 2.05) is 12.1 Å². The lowest BCUT2D eigenvalue weighted by Gasteiger charge is -2.13. The summed E-state index contributed by atoms with van der Waals surface area (Å²) in [5.41, 5.74) is 0.911. The lowest BCUT2D eigenvalue weighted by atomic mass is 10.1. The SMILES string of the molecule is COc1cccc(/C=C2/SC(=O)N(CC(=O)Nc3ccc(I)cc3)C2=O)c1OCC(=O)O. The number of carbonyl (C=O) groups excluding carboxylic acids is 3. The number of ether oxygens (including phenoxy) is 2. The molecule has 0 spiro atoms. The zero-order valence-electron chi connectivity index (χ0n) is 16.7. The topological polar surface area (TPSA) is 122 Å². The second-order valence-electron chi connectivity index (χ2n) is 6.38. The molecule has 11 heteroatoms. The van der Waals surface area contributed by atoms with Crippen LogP contribution in [0.5, 0.6) is 11.5 Å². The van der Waals surface area contributed by atoms with E-state index in [4.69, 9.17) is 14.6 Å². The molecule has 2 aromatic carbocycles. The lowest BCUT2D eigenvalue weighted by Crippen LogP contribution is -2.36. The van der Waals surface area contributed by atoms with Crippen molar-refractivity contribution < 1.29 is 33.8 Å². The van der Waals surface area contributed by atoms with Gasteiger partial charge >= 0.3 is 5.97 Å². The Kier molecular flexibility index (Phi) is 7.75. The smallest absolute Gasteiger partial charge is 0.341 e. The molecule has 1 aliphatic heterocycles. The second-order valence-corrected chi connectivity index (χ2v) is 8.62. The summed E-state index contributed by atoms with van der Waals surface area (Å²) in [5.74, 6) is -1.93. The highest BCUT2D eigenvalue weighted by atomic mass is 127. The summed E-state index contributed by atoms with van der Waals surface area (Å²) < 4.78 is 11.5. The van der Waals surface area contributed by atoms with Crippen molar-refractivity contribution in [2.75, 3.05) is 25.6 Å². The highest BCUT2D eigenvalue weighted by molar-refractivity contribution is 14.1. The number of anilines is 1. The molecule has 0 aliphatic carbocycles. The maximum Gasteiger partial charge on any atom is 0.341 e. The first-order valence-corrected chi connectivity index (χ1v) is 11.0. The highest BCUT2D eigenvalue weighted by Gasteiger charge is 2.36. The molecule has 2 N–H and O–H groups in total. The molecule has 0 atom stereocenters. The van der Waals surface area contributed by atoms with Crippen molar-refractivity contribution in [3.05, 3.63) is 56.5 Å². The van der Waals surface area contributed by atoms with Gasteiger partial charge in [-0.3, -0.25) is 19.3 Å². The largest absolute Gasteiger partial charge is 0.493 e. The van der Waals surface area contributed by atoms with Crippen molar-refractivity contribution in [3.8, 4) is 11.5 Å². The Morgan fingerprint density at radius 3 is 2.56 bits per heavy atom. The van der Waals surface area contributed by atoms with Gasteiger partial charge in [-0.05, 0) is 70.8 Å². The number of carboxylic acids is 1. The number of carbonyl (C=O) groups is 4. The molecule has 0 bridgehead atoms. The van der Waals surface area contributed by atoms with E-state index in [9.17, 15) is 19.2 Å². The van der Waals surface area contributed by atoms with Gasteiger partial charge < -0.3 is 19.9 Å². The van der Waals surface area contributed by atoms with Crippen molar-refractivity contribution in [3.63, 3.8) is 0 Å². The van der Waals surface area contributed by atoms with Crippen molar-refractivity contribution >= 4 is 69.1 Å². The van der Waals surface area contributed by atoms with E-state index in [1.54, 1.807) is 30.3 Å². The average molecular weight is 568 g/mol. The van der Waals surface area contributed by atoms with Crippen molar-refractivity contribution in [2.45, 2.75) is 0 Å². The zero-order chi connectivity index (χ0) is 23.3. The van der Waals surface area contributed by atoms with Gasteiger partial charge in [-0.1, -0.05) is 12.1 Å². The third-order valence-corrected chi connectivity index (χ3v) is 5.79.